The lowest BCUT2D eigenvalue weighted by atomic mass is 9.91. The van der Waals surface area contributed by atoms with Gasteiger partial charge in [-0.1, -0.05) is 81.4 Å². The highest BCUT2D eigenvalue weighted by molar-refractivity contribution is 5.97. The molecule has 0 saturated carbocycles. The van der Waals surface area contributed by atoms with Gasteiger partial charge in [-0.15, -0.1) is 0 Å². The van der Waals surface area contributed by atoms with E-state index < -0.39 is 89.6 Å². The second-order valence-electron chi connectivity index (χ2n) is 18.3. The molecule has 0 spiro atoms. The van der Waals surface area contributed by atoms with Crippen LogP contribution in [0.4, 0.5) is 0 Å². The molecule has 0 aliphatic heterocycles. The van der Waals surface area contributed by atoms with Crippen molar-refractivity contribution in [3.05, 3.63) is 12.2 Å². The fourth-order valence-corrected chi connectivity index (χ4v) is 7.41. The molecular formula is C45H83N7O9. The van der Waals surface area contributed by atoms with E-state index in [-0.39, 0.29) is 37.2 Å². The van der Waals surface area contributed by atoms with Gasteiger partial charge in [0.2, 0.25) is 41.4 Å². The van der Waals surface area contributed by atoms with Crippen LogP contribution in [0.1, 0.15) is 115 Å². The van der Waals surface area contributed by atoms with Gasteiger partial charge in [-0.3, -0.25) is 33.6 Å². The number of nitrogens with two attached hydrogens (primary N) is 1. The molecule has 0 aromatic carbocycles. The Labute approximate surface area is 367 Å². The van der Waals surface area contributed by atoms with Gasteiger partial charge in [0.25, 0.3) is 0 Å². The Balaban J connectivity index is 6.98. The molecule has 4 N–H and O–H groups in total. The molecule has 0 bridgehead atoms. The number of hydrogen-bond donors (Lipinski definition) is 3. The van der Waals surface area contributed by atoms with Crippen LogP contribution in [-0.2, 0) is 38.3 Å². The number of likely N-dealkylation sites (N-methyl/N-ethyl adjacent to an activating group) is 5. The minimum atomic E-state index is -1.51. The predicted octanol–water partition coefficient (Wildman–Crippen LogP) is 3.30. The molecule has 0 aliphatic carbocycles. The Morgan fingerprint density at radius 3 is 1.61 bits per heavy atom. The first kappa shape index (κ1) is 57.0. The van der Waals surface area contributed by atoms with E-state index in [0.29, 0.717) is 31.6 Å². The number of ether oxygens (including phenoxy) is 1. The number of nitrogens with zero attached hydrogens (tertiary/aromatic N) is 5. The van der Waals surface area contributed by atoms with Crippen molar-refractivity contribution in [1.82, 2.24) is 29.8 Å². The van der Waals surface area contributed by atoms with Gasteiger partial charge in [0, 0.05) is 48.8 Å². The van der Waals surface area contributed by atoms with Gasteiger partial charge in [0.05, 0.1) is 12.7 Å². The van der Waals surface area contributed by atoms with E-state index in [0.717, 1.165) is 9.80 Å². The number of carbonyl (C=O) groups excluding carboxylic acids is 7. The highest BCUT2D eigenvalue weighted by Gasteiger charge is 2.44. The number of allylic oxidation sites excluding steroid dienone is 2. The smallest absolute Gasteiger partial charge is 0.248 e. The average molecular weight is 866 g/mol. The lowest BCUT2D eigenvalue weighted by molar-refractivity contribution is -0.156. The zero-order chi connectivity index (χ0) is 47.6. The molecule has 0 rings (SSSR count). The molecule has 16 heteroatoms. The highest BCUT2D eigenvalue weighted by atomic mass is 16.5. The summed E-state index contributed by atoms with van der Waals surface area (Å²) >= 11 is 0. The lowest BCUT2D eigenvalue weighted by Gasteiger charge is -2.41. The van der Waals surface area contributed by atoms with Crippen molar-refractivity contribution in [2.75, 3.05) is 49.0 Å². The summed E-state index contributed by atoms with van der Waals surface area (Å²) in [5.41, 5.74) is 5.66. The summed E-state index contributed by atoms with van der Waals surface area (Å²) < 4.78 is 5.33. The fraction of sp³-hybridized carbons (Fsp3) is 0.800. The number of carbonyl (C=O) groups is 7. The summed E-state index contributed by atoms with van der Waals surface area (Å²) in [5.74, 6) is -4.52. The monoisotopic (exact) mass is 866 g/mol. The van der Waals surface area contributed by atoms with Crippen LogP contribution in [0.25, 0.3) is 0 Å². The second-order valence-corrected chi connectivity index (χ2v) is 18.3. The standard InChI is InChI=1S/C45H83N7O9/c1-18-20-21-31(11)39(54)38(41(56)47-32(19-2)42(57)50(14)35(26-61-17)44(59)49(13)33(40(46)55)24-28(5)6)52(16)45(60)37(30(9)10)51(15)43(58)34(25-29(7)8)48(12)36(53)23-22-27(3)4/h18,20,27-35,37-39,54H,19,21-26H2,1-17H3,(H2,46,55)(H,47,56)/b20-18+/t31-,32+,33+,34+,35-,37+,38+,39-/m1/s1. The SMILES string of the molecule is C/C=C/C[C@@H](C)[C@@H](O)[C@@H](C(=O)N[C@@H](CC)C(=O)N(C)[C@H](COC)C(=O)N(C)[C@@H](CC(C)C)C(N)=O)N(C)C(=O)[C@H](C(C)C)N(C)C(=O)[C@H](CC(C)C)N(C)C(=O)CCC(C)C. The summed E-state index contributed by atoms with van der Waals surface area (Å²) in [4.78, 5) is 103. The van der Waals surface area contributed by atoms with Crippen LogP contribution in [0.5, 0.6) is 0 Å². The van der Waals surface area contributed by atoms with Crippen molar-refractivity contribution in [2.45, 2.75) is 157 Å². The maximum Gasteiger partial charge on any atom is 0.248 e. The molecule has 0 unspecified atom stereocenters. The molecular weight excluding hydrogens is 783 g/mol. The van der Waals surface area contributed by atoms with Gasteiger partial charge in [0.1, 0.15) is 36.3 Å². The number of rotatable bonds is 27. The molecule has 8 atom stereocenters. The van der Waals surface area contributed by atoms with Crippen LogP contribution in [0.3, 0.4) is 0 Å². The maximum absolute atomic E-state index is 14.7. The van der Waals surface area contributed by atoms with Crippen LogP contribution < -0.4 is 11.1 Å². The van der Waals surface area contributed by atoms with E-state index in [9.17, 15) is 38.7 Å². The number of aliphatic hydroxyl groups is 1. The van der Waals surface area contributed by atoms with Crippen LogP contribution >= 0.6 is 0 Å². The third-order valence-electron chi connectivity index (χ3n) is 11.4. The number of amides is 7. The number of hydrogen-bond acceptors (Lipinski definition) is 9. The summed E-state index contributed by atoms with van der Waals surface area (Å²) in [6, 6.07) is -6.75. The van der Waals surface area contributed by atoms with Crippen molar-refractivity contribution in [1.29, 1.82) is 0 Å². The fourth-order valence-electron chi connectivity index (χ4n) is 7.41. The first-order chi connectivity index (χ1) is 28.2. The van der Waals surface area contributed by atoms with Gasteiger partial charge in [-0.2, -0.15) is 0 Å². The Hall–Kier alpha value is -4.05. The zero-order valence-corrected chi connectivity index (χ0v) is 40.6. The average Bonchev–Trinajstić information content (AvgIpc) is 3.18. The van der Waals surface area contributed by atoms with E-state index >= 15 is 0 Å². The van der Waals surface area contributed by atoms with Crippen molar-refractivity contribution in [2.24, 2.45) is 35.3 Å². The summed E-state index contributed by atoms with van der Waals surface area (Å²) in [6.45, 7) is 20.3. The minimum Gasteiger partial charge on any atom is -0.390 e. The summed E-state index contributed by atoms with van der Waals surface area (Å²) in [5, 5.41) is 14.6. The van der Waals surface area contributed by atoms with Gasteiger partial charge in [-0.25, -0.2) is 0 Å². The maximum atomic E-state index is 14.7. The van der Waals surface area contributed by atoms with Gasteiger partial charge >= 0.3 is 0 Å². The normalized spacial score (nSPS) is 15.8. The number of aliphatic hydroxyl groups excluding tert-OH is 1. The van der Waals surface area contributed by atoms with Crippen molar-refractivity contribution >= 4 is 41.4 Å². The quantitative estimate of drug-likeness (QED) is 0.104. The Morgan fingerprint density at radius 1 is 0.672 bits per heavy atom. The van der Waals surface area contributed by atoms with Crippen LogP contribution in [0.2, 0.25) is 0 Å². The van der Waals surface area contributed by atoms with Gasteiger partial charge < -0.3 is 45.4 Å². The lowest BCUT2D eigenvalue weighted by Crippen LogP contribution is -2.63. The first-order valence-electron chi connectivity index (χ1n) is 21.9. The Morgan fingerprint density at radius 2 is 1.16 bits per heavy atom. The number of methoxy groups -OCH3 is 1. The van der Waals surface area contributed by atoms with E-state index in [1.54, 1.807) is 34.7 Å². The summed E-state index contributed by atoms with van der Waals surface area (Å²) in [6.07, 6.45) is 4.31. The number of nitrogens with one attached hydrogen (secondary N) is 1. The van der Waals surface area contributed by atoms with Gasteiger partial charge in [0.15, 0.2) is 0 Å². The van der Waals surface area contributed by atoms with Crippen molar-refractivity contribution < 1.29 is 43.4 Å². The molecule has 0 radical (unpaired) electrons. The van der Waals surface area contributed by atoms with Crippen molar-refractivity contribution in [3.8, 4) is 0 Å². The predicted molar refractivity (Wildman–Crippen MR) is 239 cm³/mol. The molecule has 0 saturated heterocycles. The molecule has 61 heavy (non-hydrogen) atoms. The van der Waals surface area contributed by atoms with Crippen LogP contribution in [0.15, 0.2) is 12.2 Å². The van der Waals surface area contributed by atoms with E-state index in [2.05, 4.69) is 5.32 Å². The zero-order valence-electron chi connectivity index (χ0n) is 40.6. The van der Waals surface area contributed by atoms with E-state index in [1.165, 1.54) is 50.0 Å². The van der Waals surface area contributed by atoms with Gasteiger partial charge in [-0.05, 0) is 68.6 Å². The second kappa shape index (κ2) is 27.1. The Kier molecular flexibility index (Phi) is 25.3. The van der Waals surface area contributed by atoms with E-state index in [4.69, 9.17) is 10.5 Å². The highest BCUT2D eigenvalue weighted by Crippen LogP contribution is 2.24. The molecule has 16 nitrogen and oxygen atoms in total. The molecule has 352 valence electrons. The van der Waals surface area contributed by atoms with Crippen LogP contribution in [0, 0.1) is 29.6 Å². The Bertz CT molecular complexity index is 1470. The van der Waals surface area contributed by atoms with Crippen molar-refractivity contribution in [3.63, 3.8) is 0 Å². The molecule has 7 amide bonds. The molecule has 0 aromatic rings. The number of primary amides is 1. The third-order valence-corrected chi connectivity index (χ3v) is 11.4. The summed E-state index contributed by atoms with van der Waals surface area (Å²) in [7, 11) is 8.74. The first-order valence-corrected chi connectivity index (χ1v) is 21.9. The molecule has 0 aliphatic rings. The molecule has 0 fully saturated rings. The molecule has 0 aromatic heterocycles. The third kappa shape index (κ3) is 17.0. The van der Waals surface area contributed by atoms with E-state index in [1.807, 2.05) is 60.6 Å². The molecule has 0 heterocycles. The largest absolute Gasteiger partial charge is 0.390 e. The van der Waals surface area contributed by atoms with Crippen LogP contribution in [-0.4, -0.2) is 162 Å². The minimum absolute atomic E-state index is 0.0389. The topological polar surface area (TPSA) is 203 Å².